The molecule has 0 saturated heterocycles. The standard InChI is InChI=1S/C25H27N5O7S/c1-4-30-22(18-7-6-12-36-18)28-29-25(30)38-14-19(31)37-13-17-20(23(32)35-5-2)21(27-24(33)26-17)15-8-10-16(34-3)11-9-15/h6-12,21H,4-5,13-14H2,1-3H3,(H2,26,27,33)/t21-/m0/s1. The van der Waals surface area contributed by atoms with Crippen LogP contribution in [-0.2, 0) is 25.6 Å². The van der Waals surface area contributed by atoms with Gasteiger partial charge in [0, 0.05) is 6.54 Å². The third-order valence-corrected chi connectivity index (χ3v) is 6.51. The Labute approximate surface area is 222 Å². The van der Waals surface area contributed by atoms with Crippen LogP contribution in [0.5, 0.6) is 5.75 Å². The van der Waals surface area contributed by atoms with Crippen LogP contribution in [0.3, 0.4) is 0 Å². The van der Waals surface area contributed by atoms with Crippen LogP contribution < -0.4 is 15.4 Å². The Morgan fingerprint density at radius 2 is 1.92 bits per heavy atom. The molecule has 4 rings (SSSR count). The van der Waals surface area contributed by atoms with Crippen molar-refractivity contribution in [3.05, 3.63) is 59.5 Å². The van der Waals surface area contributed by atoms with E-state index in [-0.39, 0.29) is 30.2 Å². The average Bonchev–Trinajstić information content (AvgIpc) is 3.60. The number of carbonyl (C=O) groups excluding carboxylic acids is 3. The number of carbonyl (C=O) groups is 3. The molecule has 2 N–H and O–H groups in total. The summed E-state index contributed by atoms with van der Waals surface area (Å²) in [5, 5.41) is 14.1. The summed E-state index contributed by atoms with van der Waals surface area (Å²) in [6.45, 7) is 3.99. The largest absolute Gasteiger partial charge is 0.497 e. The molecular weight excluding hydrogens is 514 g/mol. The van der Waals surface area contributed by atoms with Gasteiger partial charge in [-0.25, -0.2) is 9.59 Å². The topological polar surface area (TPSA) is 147 Å². The lowest BCUT2D eigenvalue weighted by atomic mass is 9.95. The number of furan rings is 1. The Kier molecular flexibility index (Phi) is 8.69. The maximum absolute atomic E-state index is 12.9. The van der Waals surface area contributed by atoms with Gasteiger partial charge in [0.05, 0.1) is 43.0 Å². The third kappa shape index (κ3) is 5.99. The van der Waals surface area contributed by atoms with E-state index in [1.165, 1.54) is 0 Å². The van der Waals surface area contributed by atoms with Crippen molar-refractivity contribution in [2.75, 3.05) is 26.1 Å². The highest BCUT2D eigenvalue weighted by Crippen LogP contribution is 2.29. The second-order valence-corrected chi connectivity index (χ2v) is 8.84. The van der Waals surface area contributed by atoms with Gasteiger partial charge in [-0.1, -0.05) is 23.9 Å². The third-order valence-electron chi connectivity index (χ3n) is 5.57. The minimum absolute atomic E-state index is 0.0631. The van der Waals surface area contributed by atoms with E-state index in [1.54, 1.807) is 56.7 Å². The zero-order chi connectivity index (χ0) is 27.1. The monoisotopic (exact) mass is 541 g/mol. The van der Waals surface area contributed by atoms with Crippen LogP contribution >= 0.6 is 11.8 Å². The van der Waals surface area contributed by atoms with Gasteiger partial charge in [0.25, 0.3) is 0 Å². The number of rotatable bonds is 11. The fourth-order valence-corrected chi connectivity index (χ4v) is 4.61. The summed E-state index contributed by atoms with van der Waals surface area (Å²) >= 11 is 1.15. The smallest absolute Gasteiger partial charge is 0.338 e. The maximum Gasteiger partial charge on any atom is 0.338 e. The molecule has 13 heteroatoms. The number of ether oxygens (including phenoxy) is 3. The van der Waals surface area contributed by atoms with Gasteiger partial charge < -0.3 is 29.3 Å². The number of nitrogens with zero attached hydrogens (tertiary/aromatic N) is 3. The van der Waals surface area contributed by atoms with E-state index >= 15 is 0 Å². The minimum Gasteiger partial charge on any atom is -0.497 e. The van der Waals surface area contributed by atoms with E-state index in [1.807, 2.05) is 11.5 Å². The van der Waals surface area contributed by atoms with E-state index in [9.17, 15) is 14.4 Å². The number of benzene rings is 1. The molecule has 0 bridgehead atoms. The van der Waals surface area contributed by atoms with E-state index in [0.717, 1.165) is 11.8 Å². The van der Waals surface area contributed by atoms with Gasteiger partial charge in [-0.2, -0.15) is 0 Å². The molecule has 200 valence electrons. The van der Waals surface area contributed by atoms with Crippen molar-refractivity contribution < 1.29 is 33.0 Å². The normalized spacial score (nSPS) is 15.0. The van der Waals surface area contributed by atoms with E-state index in [0.29, 0.717) is 34.6 Å². The highest BCUT2D eigenvalue weighted by Gasteiger charge is 2.34. The molecular formula is C25H27N5O7S. The number of urea groups is 1. The molecule has 0 saturated carbocycles. The Hall–Kier alpha value is -4.26. The first-order valence-electron chi connectivity index (χ1n) is 11.8. The van der Waals surface area contributed by atoms with Gasteiger partial charge in [0.1, 0.15) is 12.4 Å². The highest BCUT2D eigenvalue weighted by atomic mass is 32.2. The van der Waals surface area contributed by atoms with Crippen molar-refractivity contribution in [1.82, 2.24) is 25.4 Å². The molecule has 0 radical (unpaired) electrons. The number of hydrogen-bond donors (Lipinski definition) is 2. The number of methoxy groups -OCH3 is 1. The molecule has 2 aromatic heterocycles. The van der Waals surface area contributed by atoms with Crippen molar-refractivity contribution >= 4 is 29.7 Å². The van der Waals surface area contributed by atoms with Crippen LogP contribution in [0.15, 0.2) is 63.5 Å². The molecule has 1 aliphatic heterocycles. The molecule has 1 aromatic carbocycles. The molecule has 0 aliphatic carbocycles. The van der Waals surface area contributed by atoms with E-state index < -0.39 is 24.0 Å². The van der Waals surface area contributed by atoms with Gasteiger partial charge in [-0.15, -0.1) is 10.2 Å². The summed E-state index contributed by atoms with van der Waals surface area (Å²) in [5.41, 5.74) is 0.920. The Balaban J connectivity index is 1.48. The molecule has 0 fully saturated rings. The number of hydrogen-bond acceptors (Lipinski definition) is 10. The lowest BCUT2D eigenvalue weighted by Gasteiger charge is -2.29. The summed E-state index contributed by atoms with van der Waals surface area (Å²) < 4.78 is 23.1. The number of thioether (sulfide) groups is 1. The van der Waals surface area contributed by atoms with Crippen molar-refractivity contribution in [2.24, 2.45) is 0 Å². The second kappa shape index (κ2) is 12.3. The van der Waals surface area contributed by atoms with Gasteiger partial charge in [-0.3, -0.25) is 9.36 Å². The summed E-state index contributed by atoms with van der Waals surface area (Å²) in [6.07, 6.45) is 1.55. The lowest BCUT2D eigenvalue weighted by molar-refractivity contribution is -0.141. The molecule has 1 aliphatic rings. The maximum atomic E-state index is 12.9. The number of esters is 2. The molecule has 3 heterocycles. The second-order valence-electron chi connectivity index (χ2n) is 7.89. The quantitative estimate of drug-likeness (QED) is 0.274. The SMILES string of the molecule is CCOC(=O)C1=C(COC(=O)CSc2nnc(-c3ccco3)n2CC)NC(=O)N[C@H]1c1ccc(OC)cc1. The summed E-state index contributed by atoms with van der Waals surface area (Å²) in [5.74, 6) is 0.483. The summed E-state index contributed by atoms with van der Waals surface area (Å²) in [7, 11) is 1.54. The predicted octanol–water partition coefficient (Wildman–Crippen LogP) is 3.07. The molecule has 0 unspecified atom stereocenters. The van der Waals surface area contributed by atoms with Crippen LogP contribution in [0.1, 0.15) is 25.5 Å². The van der Waals surface area contributed by atoms with Crippen molar-refractivity contribution in [3.8, 4) is 17.3 Å². The zero-order valence-corrected chi connectivity index (χ0v) is 21.9. The van der Waals surface area contributed by atoms with Crippen molar-refractivity contribution in [1.29, 1.82) is 0 Å². The minimum atomic E-state index is -0.806. The van der Waals surface area contributed by atoms with Crippen LogP contribution in [0.2, 0.25) is 0 Å². The first-order chi connectivity index (χ1) is 18.4. The van der Waals surface area contributed by atoms with Crippen LogP contribution in [0, 0.1) is 0 Å². The number of amides is 2. The van der Waals surface area contributed by atoms with Crippen LogP contribution in [0.25, 0.3) is 11.6 Å². The van der Waals surface area contributed by atoms with Crippen LogP contribution in [-0.4, -0.2) is 58.8 Å². The number of nitrogens with one attached hydrogen (secondary N) is 2. The highest BCUT2D eigenvalue weighted by molar-refractivity contribution is 7.99. The zero-order valence-electron chi connectivity index (χ0n) is 21.1. The molecule has 3 aromatic rings. The summed E-state index contributed by atoms with van der Waals surface area (Å²) in [4.78, 5) is 37.9. The van der Waals surface area contributed by atoms with Crippen LogP contribution in [0.4, 0.5) is 4.79 Å². The summed E-state index contributed by atoms with van der Waals surface area (Å²) in [6, 6.07) is 9.09. The van der Waals surface area contributed by atoms with Crippen molar-refractivity contribution in [3.63, 3.8) is 0 Å². The average molecular weight is 542 g/mol. The van der Waals surface area contributed by atoms with Gasteiger partial charge in [-0.05, 0) is 43.7 Å². The molecule has 2 amide bonds. The fraction of sp³-hybridized carbons (Fsp3) is 0.320. The molecule has 0 spiro atoms. The molecule has 38 heavy (non-hydrogen) atoms. The van der Waals surface area contributed by atoms with Gasteiger partial charge in [0.2, 0.25) is 0 Å². The first-order valence-corrected chi connectivity index (χ1v) is 12.8. The fourth-order valence-electron chi connectivity index (χ4n) is 3.81. The van der Waals surface area contributed by atoms with Gasteiger partial charge in [0.15, 0.2) is 16.7 Å². The van der Waals surface area contributed by atoms with E-state index in [4.69, 9.17) is 18.6 Å². The number of aromatic nitrogens is 3. The van der Waals surface area contributed by atoms with Crippen molar-refractivity contribution in [2.45, 2.75) is 31.6 Å². The molecule has 12 nitrogen and oxygen atoms in total. The Bertz CT molecular complexity index is 1320. The van der Waals surface area contributed by atoms with Gasteiger partial charge >= 0.3 is 18.0 Å². The molecule has 1 atom stereocenters. The first kappa shape index (κ1) is 26.8. The Morgan fingerprint density at radius 3 is 2.58 bits per heavy atom. The predicted molar refractivity (Wildman–Crippen MR) is 136 cm³/mol. The van der Waals surface area contributed by atoms with E-state index in [2.05, 4.69) is 20.8 Å². The lowest BCUT2D eigenvalue weighted by Crippen LogP contribution is -2.47. The Morgan fingerprint density at radius 1 is 1.13 bits per heavy atom.